The van der Waals surface area contributed by atoms with Gasteiger partial charge in [-0.05, 0) is 43.7 Å². The molecule has 192 valence electrons. The Kier molecular flexibility index (Phi) is 6.68. The van der Waals surface area contributed by atoms with Gasteiger partial charge in [0, 0.05) is 43.7 Å². The van der Waals surface area contributed by atoms with Crippen molar-refractivity contribution in [1.29, 1.82) is 0 Å². The summed E-state index contributed by atoms with van der Waals surface area (Å²) >= 11 is 6.79. The number of fused-ring (bicyclic) bond motifs is 1. The van der Waals surface area contributed by atoms with Crippen LogP contribution in [0, 0.1) is 15.9 Å². The molecule has 1 saturated carbocycles. The Morgan fingerprint density at radius 1 is 1.24 bits per heavy atom. The minimum atomic E-state index is -1.36. The van der Waals surface area contributed by atoms with Gasteiger partial charge in [-0.1, -0.05) is 23.7 Å². The second-order valence-corrected chi connectivity index (χ2v) is 9.84. The van der Waals surface area contributed by atoms with Crippen molar-refractivity contribution < 1.29 is 19.2 Å². The molecular weight excluding hydrogens is 503 g/mol. The van der Waals surface area contributed by atoms with Crippen LogP contribution in [0.4, 0.5) is 15.8 Å². The normalized spacial score (nSPS) is 18.3. The third-order valence-electron chi connectivity index (χ3n) is 6.83. The lowest BCUT2D eigenvalue weighted by atomic mass is 10.1. The molecule has 1 unspecified atom stereocenters. The molecule has 1 aromatic heterocycles. The van der Waals surface area contributed by atoms with Gasteiger partial charge in [-0.15, -0.1) is 0 Å². The fourth-order valence-corrected chi connectivity index (χ4v) is 5.28. The van der Waals surface area contributed by atoms with E-state index in [0.717, 1.165) is 38.2 Å². The summed E-state index contributed by atoms with van der Waals surface area (Å²) in [6.45, 7) is 0.903. The predicted octanol–water partition coefficient (Wildman–Crippen LogP) is 5.21. The van der Waals surface area contributed by atoms with Gasteiger partial charge >= 0.3 is 5.97 Å². The number of aromatic nitrogens is 1. The van der Waals surface area contributed by atoms with Crippen LogP contribution in [0.3, 0.4) is 0 Å². The van der Waals surface area contributed by atoms with Crippen LogP contribution in [-0.2, 0) is 0 Å². The molecule has 11 heteroatoms. The summed E-state index contributed by atoms with van der Waals surface area (Å²) in [4.78, 5) is 41.6. The second-order valence-electron chi connectivity index (χ2n) is 9.46. The van der Waals surface area contributed by atoms with E-state index in [1.54, 1.807) is 22.9 Å². The minimum Gasteiger partial charge on any atom is -0.477 e. The van der Waals surface area contributed by atoms with Crippen LogP contribution in [-0.4, -0.2) is 45.9 Å². The highest BCUT2D eigenvalue weighted by atomic mass is 35.5. The number of carbonyl (C=O) groups is 1. The summed E-state index contributed by atoms with van der Waals surface area (Å²) in [5.41, 5.74) is -0.0817. The molecule has 0 spiro atoms. The van der Waals surface area contributed by atoms with Crippen molar-refractivity contribution in [1.82, 2.24) is 4.57 Å². The first-order valence-corrected chi connectivity index (χ1v) is 12.4. The van der Waals surface area contributed by atoms with Gasteiger partial charge in [-0.2, -0.15) is 0 Å². The Hall–Kier alpha value is -3.79. The van der Waals surface area contributed by atoms with Crippen molar-refractivity contribution in [3.05, 3.63) is 78.8 Å². The molecular formula is C26H24ClFN4O5. The maximum atomic E-state index is 15.5. The maximum Gasteiger partial charge on any atom is 0.341 e. The second kappa shape index (κ2) is 9.93. The molecule has 37 heavy (non-hydrogen) atoms. The van der Waals surface area contributed by atoms with Crippen LogP contribution in [0.5, 0.6) is 0 Å². The topological polar surface area (TPSA) is 118 Å². The van der Waals surface area contributed by atoms with E-state index in [0.29, 0.717) is 24.2 Å². The van der Waals surface area contributed by atoms with Crippen LogP contribution >= 0.6 is 11.6 Å². The van der Waals surface area contributed by atoms with E-state index in [1.165, 1.54) is 18.3 Å². The molecule has 2 aliphatic rings. The fourth-order valence-electron chi connectivity index (χ4n) is 4.87. The van der Waals surface area contributed by atoms with E-state index in [4.69, 9.17) is 11.6 Å². The number of aliphatic imine (C=N–C) groups is 1. The SMILES string of the molecule is O=C(O)c1cn(C2CC2)c2c(Cl)c(N3CCCCC(/N=C/c4cccc([N+](=O)[O-])c4)C3)c(F)cc2c1=O. The molecule has 3 aromatic rings. The van der Waals surface area contributed by atoms with E-state index in [9.17, 15) is 24.8 Å². The number of hydrogen-bond donors (Lipinski definition) is 1. The highest BCUT2D eigenvalue weighted by molar-refractivity contribution is 6.38. The zero-order valence-corrected chi connectivity index (χ0v) is 20.5. The van der Waals surface area contributed by atoms with Crippen molar-refractivity contribution in [2.75, 3.05) is 18.0 Å². The lowest BCUT2D eigenvalue weighted by Gasteiger charge is -2.27. The zero-order valence-electron chi connectivity index (χ0n) is 19.8. The predicted molar refractivity (Wildman–Crippen MR) is 139 cm³/mol. The summed E-state index contributed by atoms with van der Waals surface area (Å²) in [5, 5.41) is 20.6. The van der Waals surface area contributed by atoms with Crippen molar-refractivity contribution >= 4 is 46.1 Å². The molecule has 2 fully saturated rings. The molecule has 0 radical (unpaired) electrons. The zero-order chi connectivity index (χ0) is 26.3. The number of nitro groups is 1. The largest absolute Gasteiger partial charge is 0.477 e. The molecule has 5 rings (SSSR count). The Labute approximate surface area is 215 Å². The highest BCUT2D eigenvalue weighted by Crippen LogP contribution is 2.42. The van der Waals surface area contributed by atoms with E-state index >= 15 is 4.39 Å². The van der Waals surface area contributed by atoms with Gasteiger partial charge in [0.2, 0.25) is 5.43 Å². The minimum absolute atomic E-state index is 0.00780. The van der Waals surface area contributed by atoms with Crippen LogP contribution < -0.4 is 10.3 Å². The van der Waals surface area contributed by atoms with Gasteiger partial charge in [-0.3, -0.25) is 19.9 Å². The highest BCUT2D eigenvalue weighted by Gasteiger charge is 2.31. The molecule has 2 aromatic carbocycles. The molecule has 0 bridgehead atoms. The van der Waals surface area contributed by atoms with Gasteiger partial charge in [0.25, 0.3) is 5.69 Å². The third-order valence-corrected chi connectivity index (χ3v) is 7.19. The van der Waals surface area contributed by atoms with Crippen molar-refractivity contribution in [3.8, 4) is 0 Å². The van der Waals surface area contributed by atoms with E-state index in [1.807, 2.05) is 4.90 Å². The van der Waals surface area contributed by atoms with Gasteiger partial charge in [0.15, 0.2) is 0 Å². The van der Waals surface area contributed by atoms with Gasteiger partial charge < -0.3 is 14.6 Å². The van der Waals surface area contributed by atoms with Gasteiger partial charge in [0.1, 0.15) is 11.4 Å². The van der Waals surface area contributed by atoms with Crippen LogP contribution in [0.15, 0.2) is 46.3 Å². The summed E-state index contributed by atoms with van der Waals surface area (Å²) in [7, 11) is 0. The van der Waals surface area contributed by atoms with E-state index < -0.39 is 27.7 Å². The Balaban J connectivity index is 1.52. The maximum absolute atomic E-state index is 15.5. The molecule has 1 aliphatic carbocycles. The first-order valence-electron chi connectivity index (χ1n) is 12.1. The standard InChI is InChI=1S/C26H24ClFN4O5/c27-22-23-19(25(33)20(26(34)35)14-31(23)17-7-8-17)11-21(28)24(22)30-9-2-1-5-16(13-30)29-12-15-4-3-6-18(10-15)32(36)37/h3-4,6,10-12,14,16-17H,1-2,5,7-9,13H2,(H,34,35)/b29-12+. The van der Waals surface area contributed by atoms with Crippen molar-refractivity contribution in [2.45, 2.75) is 44.2 Å². The number of carboxylic acid groups (broad SMARTS) is 1. The summed E-state index contributed by atoms with van der Waals surface area (Å²) in [5.74, 6) is -2.05. The van der Waals surface area contributed by atoms with Crippen molar-refractivity contribution in [3.63, 3.8) is 0 Å². The summed E-state index contributed by atoms with van der Waals surface area (Å²) in [6.07, 6.45) is 6.93. The van der Waals surface area contributed by atoms with Crippen LogP contribution in [0.25, 0.3) is 10.9 Å². The number of rotatable bonds is 6. The molecule has 1 atom stereocenters. The fraction of sp³-hybridized carbons (Fsp3) is 0.346. The van der Waals surface area contributed by atoms with Crippen LogP contribution in [0.1, 0.15) is 54.1 Å². The van der Waals surface area contributed by atoms with Crippen LogP contribution in [0.2, 0.25) is 5.02 Å². The number of anilines is 1. The number of nitro benzene ring substituents is 1. The molecule has 2 heterocycles. The van der Waals surface area contributed by atoms with Gasteiger partial charge in [0.05, 0.1) is 32.6 Å². The quantitative estimate of drug-likeness (QED) is 0.267. The first kappa shape index (κ1) is 24.9. The Morgan fingerprint density at radius 3 is 2.73 bits per heavy atom. The van der Waals surface area contributed by atoms with Crippen molar-refractivity contribution in [2.24, 2.45) is 4.99 Å². The lowest BCUT2D eigenvalue weighted by Crippen LogP contribution is -2.31. The number of nitrogens with zero attached hydrogens (tertiary/aromatic N) is 4. The number of halogens is 2. The number of pyridine rings is 1. The number of aromatic carboxylic acids is 1. The Morgan fingerprint density at radius 2 is 2.03 bits per heavy atom. The van der Waals surface area contributed by atoms with E-state index in [2.05, 4.69) is 4.99 Å². The molecule has 1 N–H and O–H groups in total. The average Bonchev–Trinajstić information content (AvgIpc) is 3.71. The number of non-ortho nitro benzene ring substituents is 1. The molecule has 9 nitrogen and oxygen atoms in total. The summed E-state index contributed by atoms with van der Waals surface area (Å²) in [6, 6.07) is 7.08. The van der Waals surface area contributed by atoms with E-state index in [-0.39, 0.29) is 33.9 Å². The molecule has 0 amide bonds. The molecule has 1 aliphatic heterocycles. The number of hydrogen-bond acceptors (Lipinski definition) is 6. The first-order chi connectivity index (χ1) is 17.7. The Bertz CT molecular complexity index is 1500. The lowest BCUT2D eigenvalue weighted by molar-refractivity contribution is -0.384. The molecule has 1 saturated heterocycles. The smallest absolute Gasteiger partial charge is 0.341 e. The number of benzene rings is 2. The summed E-state index contributed by atoms with van der Waals surface area (Å²) < 4.78 is 17.2. The monoisotopic (exact) mass is 526 g/mol. The van der Waals surface area contributed by atoms with Gasteiger partial charge in [-0.25, -0.2) is 9.18 Å². The number of carboxylic acids is 1. The average molecular weight is 527 g/mol. The third kappa shape index (κ3) is 4.93.